The number of methoxy groups -OCH3 is 1. The van der Waals surface area contributed by atoms with Crippen molar-refractivity contribution < 1.29 is 19.1 Å². The summed E-state index contributed by atoms with van der Waals surface area (Å²) in [5.41, 5.74) is 3.01. The van der Waals surface area contributed by atoms with Crippen LogP contribution >= 0.6 is 23.2 Å². The third-order valence-electron chi connectivity index (χ3n) is 6.13. The number of rotatable bonds is 8. The van der Waals surface area contributed by atoms with Gasteiger partial charge in [0.25, 0.3) is 5.91 Å². The zero-order chi connectivity index (χ0) is 25.5. The molecule has 9 heteroatoms. The van der Waals surface area contributed by atoms with Crippen LogP contribution in [0.2, 0.25) is 10.2 Å². The van der Waals surface area contributed by atoms with E-state index in [2.05, 4.69) is 9.88 Å². The number of halogens is 2. The highest BCUT2D eigenvalue weighted by atomic mass is 35.5. The van der Waals surface area contributed by atoms with E-state index >= 15 is 0 Å². The molecule has 0 saturated carbocycles. The predicted molar refractivity (Wildman–Crippen MR) is 138 cm³/mol. The van der Waals surface area contributed by atoms with Crippen LogP contribution < -0.4 is 0 Å². The van der Waals surface area contributed by atoms with Gasteiger partial charge in [0, 0.05) is 43.9 Å². The average molecular weight is 528 g/mol. The average Bonchev–Trinajstić information content (AvgIpc) is 2.92. The van der Waals surface area contributed by atoms with Crippen molar-refractivity contribution in [1.29, 1.82) is 0 Å². The maximum absolute atomic E-state index is 12.8. The molecule has 1 amide bonds. The second-order valence-electron chi connectivity index (χ2n) is 8.50. The van der Waals surface area contributed by atoms with Crippen molar-refractivity contribution in [1.82, 2.24) is 14.8 Å². The molecule has 0 spiro atoms. The van der Waals surface area contributed by atoms with Crippen LogP contribution in [-0.2, 0) is 16.1 Å². The quantitative estimate of drug-likeness (QED) is 0.306. The Morgan fingerprint density at radius 2 is 1.58 bits per heavy atom. The van der Waals surface area contributed by atoms with Gasteiger partial charge in [0.2, 0.25) is 0 Å². The summed E-state index contributed by atoms with van der Waals surface area (Å²) in [6.45, 7) is 3.75. The zero-order valence-corrected chi connectivity index (χ0v) is 21.4. The van der Waals surface area contributed by atoms with E-state index in [1.807, 2.05) is 41.3 Å². The minimum Gasteiger partial charge on any atom is -0.465 e. The molecule has 4 rings (SSSR count). The van der Waals surface area contributed by atoms with E-state index < -0.39 is 0 Å². The van der Waals surface area contributed by atoms with Crippen molar-refractivity contribution in [3.8, 4) is 0 Å². The standard InChI is InChI=1S/C27H27Cl2N3O4/c1-35-27(34)21-4-2-19(3-5-21)18-36-24(20-6-9-23(28)10-7-20)17-31-12-14-32(15-13-31)26(33)22-8-11-25(29)30-16-22/h2-11,16,24H,12-15,17-18H2,1H3/t24-/m1/s1. The molecule has 0 unspecified atom stereocenters. The Morgan fingerprint density at radius 1 is 0.917 bits per heavy atom. The maximum Gasteiger partial charge on any atom is 0.337 e. The fourth-order valence-corrected chi connectivity index (χ4v) is 4.27. The van der Waals surface area contributed by atoms with Crippen LogP contribution in [-0.4, -0.2) is 66.5 Å². The second kappa shape index (κ2) is 12.3. The van der Waals surface area contributed by atoms with Crippen molar-refractivity contribution in [3.05, 3.63) is 99.3 Å². The number of nitrogens with zero attached hydrogens (tertiary/aromatic N) is 3. The van der Waals surface area contributed by atoms with Gasteiger partial charge >= 0.3 is 5.97 Å². The number of hydrogen-bond acceptors (Lipinski definition) is 6. The summed E-state index contributed by atoms with van der Waals surface area (Å²) in [6, 6.07) is 18.2. The summed E-state index contributed by atoms with van der Waals surface area (Å²) >= 11 is 11.9. The van der Waals surface area contributed by atoms with Crippen LogP contribution in [0, 0.1) is 0 Å². The Labute approximate surface area is 220 Å². The lowest BCUT2D eigenvalue weighted by molar-refractivity contribution is 0.00340. The molecule has 0 N–H and O–H groups in total. The molecule has 2 aromatic carbocycles. The summed E-state index contributed by atoms with van der Waals surface area (Å²) in [4.78, 5) is 32.6. The van der Waals surface area contributed by atoms with E-state index in [0.717, 1.165) is 24.2 Å². The summed E-state index contributed by atoms with van der Waals surface area (Å²) in [6.07, 6.45) is 1.32. The molecule has 2 heterocycles. The summed E-state index contributed by atoms with van der Waals surface area (Å²) in [5, 5.41) is 1.03. The molecule has 36 heavy (non-hydrogen) atoms. The highest BCUT2D eigenvalue weighted by Gasteiger charge is 2.25. The Hall–Kier alpha value is -2.97. The van der Waals surface area contributed by atoms with Gasteiger partial charge in [-0.1, -0.05) is 47.5 Å². The molecule has 0 bridgehead atoms. The van der Waals surface area contributed by atoms with Crippen molar-refractivity contribution >= 4 is 35.1 Å². The molecule has 1 aromatic heterocycles. The van der Waals surface area contributed by atoms with Gasteiger partial charge in [0.05, 0.1) is 30.9 Å². The number of carbonyl (C=O) groups excluding carboxylic acids is 2. The Morgan fingerprint density at radius 3 is 2.19 bits per heavy atom. The monoisotopic (exact) mass is 527 g/mol. The van der Waals surface area contributed by atoms with Gasteiger partial charge in [0.1, 0.15) is 5.15 Å². The number of ether oxygens (including phenoxy) is 2. The minimum absolute atomic E-state index is 0.0419. The fraction of sp³-hybridized carbons (Fsp3) is 0.296. The van der Waals surface area contributed by atoms with E-state index in [1.54, 1.807) is 24.3 Å². The number of carbonyl (C=O) groups is 2. The Kier molecular flexibility index (Phi) is 8.93. The van der Waals surface area contributed by atoms with Gasteiger partial charge in [-0.25, -0.2) is 9.78 Å². The van der Waals surface area contributed by atoms with Crippen molar-refractivity contribution in [2.24, 2.45) is 0 Å². The van der Waals surface area contributed by atoms with Crippen LogP contribution in [0.25, 0.3) is 0 Å². The normalized spacial score (nSPS) is 14.9. The summed E-state index contributed by atoms with van der Waals surface area (Å²) in [7, 11) is 1.36. The number of piperazine rings is 1. The van der Waals surface area contributed by atoms with Gasteiger partial charge in [0.15, 0.2) is 0 Å². The molecule has 1 aliphatic rings. The third-order valence-corrected chi connectivity index (χ3v) is 6.60. The van der Waals surface area contributed by atoms with Crippen LogP contribution in [0.1, 0.15) is 37.9 Å². The summed E-state index contributed by atoms with van der Waals surface area (Å²) < 4.78 is 11.1. The summed E-state index contributed by atoms with van der Waals surface area (Å²) in [5.74, 6) is -0.411. The molecule has 188 valence electrons. The van der Waals surface area contributed by atoms with E-state index in [9.17, 15) is 9.59 Å². The lowest BCUT2D eigenvalue weighted by atomic mass is 10.1. The first-order chi connectivity index (χ1) is 17.4. The zero-order valence-electron chi connectivity index (χ0n) is 19.9. The lowest BCUT2D eigenvalue weighted by Gasteiger charge is -2.36. The van der Waals surface area contributed by atoms with E-state index in [1.165, 1.54) is 13.3 Å². The second-order valence-corrected chi connectivity index (χ2v) is 9.33. The minimum atomic E-state index is -0.369. The SMILES string of the molecule is COC(=O)c1ccc(CO[C@H](CN2CCN(C(=O)c3ccc(Cl)nc3)CC2)c2ccc(Cl)cc2)cc1. The number of amides is 1. The van der Waals surface area contributed by atoms with Gasteiger partial charge in [-0.05, 0) is 47.5 Å². The molecule has 0 radical (unpaired) electrons. The number of esters is 1. The molecule has 1 aliphatic heterocycles. The van der Waals surface area contributed by atoms with Gasteiger partial charge in [-0.3, -0.25) is 9.69 Å². The van der Waals surface area contributed by atoms with E-state index in [-0.39, 0.29) is 18.0 Å². The number of aromatic nitrogens is 1. The first kappa shape index (κ1) is 26.1. The number of hydrogen-bond donors (Lipinski definition) is 0. The highest BCUT2D eigenvalue weighted by Crippen LogP contribution is 2.24. The largest absolute Gasteiger partial charge is 0.465 e. The van der Waals surface area contributed by atoms with Crippen LogP contribution in [0.3, 0.4) is 0 Å². The molecular weight excluding hydrogens is 501 g/mol. The van der Waals surface area contributed by atoms with Crippen molar-refractivity contribution in [3.63, 3.8) is 0 Å². The number of pyridine rings is 1. The van der Waals surface area contributed by atoms with E-state index in [0.29, 0.717) is 47.5 Å². The number of benzene rings is 2. The maximum atomic E-state index is 12.8. The topological polar surface area (TPSA) is 72.0 Å². The van der Waals surface area contributed by atoms with Gasteiger partial charge in [-0.2, -0.15) is 0 Å². The fourth-order valence-electron chi connectivity index (χ4n) is 4.04. The molecule has 1 saturated heterocycles. The molecule has 1 atom stereocenters. The smallest absolute Gasteiger partial charge is 0.337 e. The van der Waals surface area contributed by atoms with Crippen LogP contribution in [0.15, 0.2) is 66.9 Å². The third kappa shape index (κ3) is 6.83. The van der Waals surface area contributed by atoms with Crippen molar-refractivity contribution in [2.75, 3.05) is 39.8 Å². The first-order valence-electron chi connectivity index (χ1n) is 11.6. The Balaban J connectivity index is 1.37. The molecular formula is C27H27Cl2N3O4. The Bertz CT molecular complexity index is 1160. The molecule has 0 aliphatic carbocycles. The van der Waals surface area contributed by atoms with Gasteiger partial charge < -0.3 is 14.4 Å². The molecule has 3 aromatic rings. The lowest BCUT2D eigenvalue weighted by Crippen LogP contribution is -2.49. The van der Waals surface area contributed by atoms with Crippen molar-refractivity contribution in [2.45, 2.75) is 12.7 Å². The van der Waals surface area contributed by atoms with Gasteiger partial charge in [-0.15, -0.1) is 0 Å². The highest BCUT2D eigenvalue weighted by molar-refractivity contribution is 6.30. The van der Waals surface area contributed by atoms with Crippen LogP contribution in [0.4, 0.5) is 0 Å². The predicted octanol–water partition coefficient (Wildman–Crippen LogP) is 4.89. The molecule has 7 nitrogen and oxygen atoms in total. The van der Waals surface area contributed by atoms with E-state index in [4.69, 9.17) is 32.7 Å². The first-order valence-corrected chi connectivity index (χ1v) is 12.4. The van der Waals surface area contributed by atoms with Crippen LogP contribution in [0.5, 0.6) is 0 Å². The molecule has 1 fully saturated rings.